The Bertz CT molecular complexity index is 1910. The van der Waals surface area contributed by atoms with Gasteiger partial charge in [0, 0.05) is 29.6 Å². The summed E-state index contributed by atoms with van der Waals surface area (Å²) in [7, 11) is 2.05. The second-order valence-corrected chi connectivity index (χ2v) is 12.1. The van der Waals surface area contributed by atoms with Crippen molar-refractivity contribution in [1.29, 1.82) is 5.26 Å². The van der Waals surface area contributed by atoms with Crippen LogP contribution < -0.4 is 4.74 Å². The number of piperidine rings is 1. The van der Waals surface area contributed by atoms with Gasteiger partial charge in [0.2, 0.25) is 11.8 Å². The summed E-state index contributed by atoms with van der Waals surface area (Å²) in [5, 5.41) is 19.1. The lowest BCUT2D eigenvalue weighted by molar-refractivity contribution is -0.130. The lowest BCUT2D eigenvalue weighted by atomic mass is 9.94. The van der Waals surface area contributed by atoms with Gasteiger partial charge in [0.1, 0.15) is 17.6 Å². The molecule has 0 unspecified atom stereocenters. The minimum atomic E-state index is -0.631. The van der Waals surface area contributed by atoms with Gasteiger partial charge in [-0.15, -0.1) is 5.10 Å². The smallest absolute Gasteiger partial charge is 0.246 e. The van der Waals surface area contributed by atoms with E-state index in [0.717, 1.165) is 19.4 Å². The van der Waals surface area contributed by atoms with Crippen LogP contribution >= 0.6 is 11.6 Å². The Hall–Kier alpha value is -4.58. The molecule has 2 saturated heterocycles. The van der Waals surface area contributed by atoms with Crippen LogP contribution in [0.5, 0.6) is 5.88 Å². The van der Waals surface area contributed by atoms with Gasteiger partial charge in [-0.2, -0.15) is 5.26 Å². The third kappa shape index (κ3) is 5.37. The maximum Gasteiger partial charge on any atom is 0.246 e. The molecule has 10 nitrogen and oxygen atoms in total. The highest BCUT2D eigenvalue weighted by Gasteiger charge is 2.34. The summed E-state index contributed by atoms with van der Waals surface area (Å²) in [6.45, 7) is 14.6. The first-order chi connectivity index (χ1) is 21.8. The van der Waals surface area contributed by atoms with Crippen molar-refractivity contribution < 1.29 is 13.9 Å². The largest absolute Gasteiger partial charge is 0.474 e. The van der Waals surface area contributed by atoms with Crippen molar-refractivity contribution in [2.24, 2.45) is 0 Å². The number of hydrogen-bond donors (Lipinski definition) is 0. The summed E-state index contributed by atoms with van der Waals surface area (Å²) in [6.07, 6.45) is 4.46. The Balaban J connectivity index is 1.53. The van der Waals surface area contributed by atoms with Crippen LogP contribution in [0.3, 0.4) is 0 Å². The summed E-state index contributed by atoms with van der Waals surface area (Å²) >= 11 is 6.83. The summed E-state index contributed by atoms with van der Waals surface area (Å²) in [5.41, 5.74) is 2.66. The lowest BCUT2D eigenvalue weighted by Crippen LogP contribution is -2.45. The highest BCUT2D eigenvalue weighted by Crippen LogP contribution is 2.43. The van der Waals surface area contributed by atoms with Gasteiger partial charge in [-0.05, 0) is 69.5 Å². The number of benzene rings is 2. The number of hydrogen-bond acceptors (Lipinski definition) is 7. The number of rotatable bonds is 7. The molecule has 4 heterocycles. The van der Waals surface area contributed by atoms with Crippen LogP contribution in [0.1, 0.15) is 43.7 Å². The quantitative estimate of drug-likeness (QED) is 0.173. The number of ether oxygens (including phenoxy) is 1. The van der Waals surface area contributed by atoms with Crippen LogP contribution in [0.25, 0.3) is 37.9 Å². The molecule has 0 saturated carbocycles. The number of carbonyl (C=O) groups is 1. The van der Waals surface area contributed by atoms with Gasteiger partial charge in [-0.1, -0.05) is 41.6 Å². The molecule has 0 aliphatic carbocycles. The number of likely N-dealkylation sites (N-methyl/N-ethyl adjacent to an activating group) is 1. The molecule has 2 aliphatic rings. The Morgan fingerprint density at radius 2 is 2.13 bits per heavy atom. The van der Waals surface area contributed by atoms with E-state index in [-0.39, 0.29) is 52.4 Å². The summed E-state index contributed by atoms with van der Waals surface area (Å²) in [4.78, 5) is 24.7. The summed E-state index contributed by atoms with van der Waals surface area (Å²) in [5.74, 6) is -0.678. The lowest BCUT2D eigenvalue weighted by Gasteiger charge is -2.38. The first-order valence-corrected chi connectivity index (χ1v) is 15.3. The fraction of sp³-hybridized carbons (Fsp3) is 0.394. The average Bonchev–Trinajstić information content (AvgIpc) is 3.67. The minimum Gasteiger partial charge on any atom is -0.474 e. The van der Waals surface area contributed by atoms with E-state index in [4.69, 9.17) is 22.9 Å². The van der Waals surface area contributed by atoms with E-state index >= 15 is 4.39 Å². The van der Waals surface area contributed by atoms with Crippen LogP contribution in [0.15, 0.2) is 36.9 Å². The molecule has 0 N–H and O–H groups in total. The zero-order chi connectivity index (χ0) is 31.8. The van der Waals surface area contributed by atoms with E-state index in [0.29, 0.717) is 59.2 Å². The van der Waals surface area contributed by atoms with E-state index < -0.39 is 5.82 Å². The standard InChI is InChI=1S/C33H32ClFN8O2/c1-5-27(44)42-15-12-21(16-20(42)11-13-36)43-32-24-17-25(34)28(23-9-6-10-26(37-3)19(23)2)29(35)30(24)38-33(31(32)39-40-43)45-18-22-8-7-14-41(22)4/h5-6,9-10,17,20-22H,1,7-8,11-12,14-16,18H2,2,4H3/t20-,21+,22+/m1/s1. The molecule has 4 aromatic rings. The molecule has 2 aromatic heterocycles. The van der Waals surface area contributed by atoms with Crippen LogP contribution in [-0.4, -0.2) is 74.5 Å². The molecule has 3 atom stereocenters. The van der Waals surface area contributed by atoms with Crippen molar-refractivity contribution in [3.8, 4) is 23.1 Å². The molecule has 2 aliphatic heterocycles. The van der Waals surface area contributed by atoms with Crippen LogP contribution in [0, 0.1) is 30.6 Å². The third-order valence-electron chi connectivity index (χ3n) is 9.16. The number of pyridine rings is 1. The third-order valence-corrected chi connectivity index (χ3v) is 9.45. The zero-order valence-corrected chi connectivity index (χ0v) is 25.9. The second-order valence-electron chi connectivity index (χ2n) is 11.7. The van der Waals surface area contributed by atoms with E-state index in [9.17, 15) is 10.1 Å². The topological polar surface area (TPSA) is 105 Å². The van der Waals surface area contributed by atoms with E-state index in [2.05, 4.69) is 44.7 Å². The molecule has 12 heteroatoms. The molecule has 45 heavy (non-hydrogen) atoms. The van der Waals surface area contributed by atoms with Crippen molar-refractivity contribution in [1.82, 2.24) is 29.8 Å². The van der Waals surface area contributed by atoms with Crippen LogP contribution in [-0.2, 0) is 4.79 Å². The zero-order valence-electron chi connectivity index (χ0n) is 25.1. The van der Waals surface area contributed by atoms with Crippen LogP contribution in [0.4, 0.5) is 10.1 Å². The molecule has 230 valence electrons. The van der Waals surface area contributed by atoms with E-state index in [1.807, 2.05) is 0 Å². The van der Waals surface area contributed by atoms with E-state index in [1.54, 1.807) is 40.8 Å². The highest BCUT2D eigenvalue weighted by atomic mass is 35.5. The Morgan fingerprint density at radius 3 is 2.84 bits per heavy atom. The molecule has 6 rings (SSSR count). The maximum atomic E-state index is 16.7. The normalized spacial score (nSPS) is 20.3. The van der Waals surface area contributed by atoms with Crippen molar-refractivity contribution in [2.45, 2.75) is 57.2 Å². The van der Waals surface area contributed by atoms with Crippen molar-refractivity contribution in [2.75, 3.05) is 26.7 Å². The number of carbonyl (C=O) groups excluding carboxylic acids is 1. The number of amides is 1. The highest BCUT2D eigenvalue weighted by molar-refractivity contribution is 6.34. The van der Waals surface area contributed by atoms with Gasteiger partial charge >= 0.3 is 0 Å². The first-order valence-electron chi connectivity index (χ1n) is 14.9. The molecule has 0 bridgehead atoms. The molecule has 1 amide bonds. The summed E-state index contributed by atoms with van der Waals surface area (Å²) in [6, 6.07) is 8.61. The summed E-state index contributed by atoms with van der Waals surface area (Å²) < 4.78 is 24.8. The molecule has 2 aromatic carbocycles. The fourth-order valence-corrected chi connectivity index (χ4v) is 6.98. The average molecular weight is 627 g/mol. The van der Waals surface area contributed by atoms with Gasteiger partial charge in [0.25, 0.3) is 0 Å². The first kappa shape index (κ1) is 30.4. The number of nitriles is 1. The molecular weight excluding hydrogens is 595 g/mol. The van der Waals surface area contributed by atoms with Crippen molar-refractivity contribution >= 4 is 45.1 Å². The van der Waals surface area contributed by atoms with Crippen LogP contribution in [0.2, 0.25) is 5.02 Å². The number of likely N-dealkylation sites (tertiary alicyclic amines) is 2. The number of halogens is 2. The number of aromatic nitrogens is 4. The molecular formula is C33H32ClFN8O2. The monoisotopic (exact) mass is 626 g/mol. The van der Waals surface area contributed by atoms with Gasteiger partial charge < -0.3 is 14.5 Å². The molecule has 2 fully saturated rings. The van der Waals surface area contributed by atoms with E-state index in [1.165, 1.54) is 6.08 Å². The second kappa shape index (κ2) is 12.4. The predicted octanol–water partition coefficient (Wildman–Crippen LogP) is 6.40. The van der Waals surface area contributed by atoms with Gasteiger partial charge in [-0.3, -0.25) is 4.79 Å². The van der Waals surface area contributed by atoms with Crippen molar-refractivity contribution in [3.63, 3.8) is 0 Å². The van der Waals surface area contributed by atoms with Gasteiger partial charge in [0.05, 0.1) is 30.1 Å². The Labute approximate surface area is 265 Å². The number of nitrogens with zero attached hydrogens (tertiary/aromatic N) is 8. The number of fused-ring (bicyclic) bond motifs is 3. The molecule has 0 spiro atoms. The Kier molecular flexibility index (Phi) is 8.41. The van der Waals surface area contributed by atoms with Gasteiger partial charge in [0.15, 0.2) is 17.0 Å². The maximum absolute atomic E-state index is 16.7. The SMILES string of the molecule is [C-]#[N+]c1cccc(-c2c(Cl)cc3c(nc(OC[C@@H]4CCCN4C)c4nnn([C@H]5CCN(C(=O)C=C)[C@H](CC#N)C5)c43)c2F)c1C. The predicted molar refractivity (Wildman–Crippen MR) is 170 cm³/mol. The van der Waals surface area contributed by atoms with Crippen molar-refractivity contribution in [3.05, 3.63) is 64.7 Å². The fourth-order valence-electron chi connectivity index (χ4n) is 6.68. The Morgan fingerprint density at radius 1 is 1.31 bits per heavy atom. The van der Waals surface area contributed by atoms with Gasteiger partial charge in [-0.25, -0.2) is 18.9 Å². The molecule has 0 radical (unpaired) electrons. The minimum absolute atomic E-state index is 0.0562.